The second-order valence-corrected chi connectivity index (χ2v) is 4.83. The fraction of sp³-hybridized carbons (Fsp3) is 0. The molecule has 0 amide bonds. The zero-order valence-electron chi connectivity index (χ0n) is 7.90. The van der Waals surface area contributed by atoms with E-state index in [4.69, 9.17) is 46.4 Å². The maximum Gasteiger partial charge on any atom is 0.0564 e. The van der Waals surface area contributed by atoms with Crippen molar-refractivity contribution < 1.29 is 0 Å². The largest absolute Gasteiger partial charge is 0.0843 e. The van der Waals surface area contributed by atoms with Gasteiger partial charge in [-0.2, -0.15) is 0 Å². The SMILES string of the molecule is Clc1c[c]c(Cl)c(-c2cc(Cl)ccc2Cl)c1. The summed E-state index contributed by atoms with van der Waals surface area (Å²) >= 11 is 23.9. The van der Waals surface area contributed by atoms with Gasteiger partial charge in [-0.15, -0.1) is 0 Å². The molecule has 0 aliphatic heterocycles. The summed E-state index contributed by atoms with van der Waals surface area (Å²) in [6, 6.07) is 11.4. The summed E-state index contributed by atoms with van der Waals surface area (Å²) in [6.45, 7) is 0. The maximum absolute atomic E-state index is 6.08. The van der Waals surface area contributed by atoms with Gasteiger partial charge in [0.05, 0.1) is 5.02 Å². The second-order valence-electron chi connectivity index (χ2n) is 3.17. The minimum atomic E-state index is 0.466. The monoisotopic (exact) mass is 289 g/mol. The highest BCUT2D eigenvalue weighted by molar-refractivity contribution is 6.38. The Bertz CT molecular complexity index is 485. The topological polar surface area (TPSA) is 0 Å². The zero-order chi connectivity index (χ0) is 11.7. The van der Waals surface area contributed by atoms with Gasteiger partial charge in [0, 0.05) is 32.3 Å². The van der Waals surface area contributed by atoms with Crippen molar-refractivity contribution in [1.29, 1.82) is 0 Å². The third-order valence-electron chi connectivity index (χ3n) is 2.07. The molecule has 0 unspecified atom stereocenters. The molecule has 0 N–H and O–H groups in total. The van der Waals surface area contributed by atoms with Crippen LogP contribution in [-0.4, -0.2) is 0 Å². The molecule has 0 aromatic heterocycles. The first-order valence-electron chi connectivity index (χ1n) is 4.40. The van der Waals surface area contributed by atoms with Crippen LogP contribution in [0.25, 0.3) is 11.1 Å². The average molecular weight is 291 g/mol. The Morgan fingerprint density at radius 3 is 2.25 bits per heavy atom. The van der Waals surface area contributed by atoms with Crippen LogP contribution in [0.4, 0.5) is 0 Å². The standard InChI is InChI=1S/C12H5Cl4/c13-7-1-3-11(15)9(5-7)10-6-8(14)2-4-12(10)16/h1-3,5-6H. The van der Waals surface area contributed by atoms with Gasteiger partial charge in [0.15, 0.2) is 0 Å². The average Bonchev–Trinajstić information content (AvgIpc) is 2.25. The molecule has 0 aliphatic carbocycles. The molecule has 0 nitrogen and oxygen atoms in total. The molecule has 1 radical (unpaired) electrons. The van der Waals surface area contributed by atoms with Gasteiger partial charge in [-0.3, -0.25) is 0 Å². The van der Waals surface area contributed by atoms with Crippen LogP contribution in [0, 0.1) is 6.07 Å². The van der Waals surface area contributed by atoms with Crippen molar-refractivity contribution >= 4 is 46.4 Å². The van der Waals surface area contributed by atoms with Crippen molar-refractivity contribution in [2.45, 2.75) is 0 Å². The summed E-state index contributed by atoms with van der Waals surface area (Å²) in [6.07, 6.45) is 0. The van der Waals surface area contributed by atoms with Crippen LogP contribution in [0.5, 0.6) is 0 Å². The lowest BCUT2D eigenvalue weighted by molar-refractivity contribution is 1.61. The first-order chi connectivity index (χ1) is 7.58. The third kappa shape index (κ3) is 2.46. The molecule has 0 saturated heterocycles. The van der Waals surface area contributed by atoms with Crippen LogP contribution in [0.15, 0.2) is 30.3 Å². The Morgan fingerprint density at radius 1 is 0.812 bits per heavy atom. The van der Waals surface area contributed by atoms with Crippen LogP contribution in [0.3, 0.4) is 0 Å². The maximum atomic E-state index is 6.08. The minimum Gasteiger partial charge on any atom is -0.0843 e. The predicted octanol–water partition coefficient (Wildman–Crippen LogP) is 5.77. The third-order valence-corrected chi connectivity index (χ3v) is 3.17. The molecule has 0 saturated carbocycles. The lowest BCUT2D eigenvalue weighted by Crippen LogP contribution is -1.82. The summed E-state index contributed by atoms with van der Waals surface area (Å²) in [7, 11) is 0. The Morgan fingerprint density at radius 2 is 1.50 bits per heavy atom. The van der Waals surface area contributed by atoms with E-state index in [1.165, 1.54) is 0 Å². The quantitative estimate of drug-likeness (QED) is 0.626. The highest BCUT2D eigenvalue weighted by Gasteiger charge is 2.09. The number of halogens is 4. The molecule has 16 heavy (non-hydrogen) atoms. The Balaban J connectivity index is 2.66. The van der Waals surface area contributed by atoms with Gasteiger partial charge in [0.1, 0.15) is 0 Å². The summed E-state index contributed by atoms with van der Waals surface area (Å²) < 4.78 is 0. The molecule has 81 valence electrons. The molecule has 2 aromatic rings. The Hall–Kier alpha value is -0.400. The minimum absolute atomic E-state index is 0.466. The van der Waals surface area contributed by atoms with Gasteiger partial charge in [-0.1, -0.05) is 46.4 Å². The number of rotatable bonds is 1. The Kier molecular flexibility index (Phi) is 3.66. The van der Waals surface area contributed by atoms with Crippen LogP contribution in [0.1, 0.15) is 0 Å². The number of hydrogen-bond acceptors (Lipinski definition) is 0. The highest BCUT2D eigenvalue weighted by atomic mass is 35.5. The Labute approximate surface area is 114 Å². The molecule has 0 aliphatic rings. The first kappa shape index (κ1) is 12.1. The highest BCUT2D eigenvalue weighted by Crippen LogP contribution is 2.36. The van der Waals surface area contributed by atoms with Crippen molar-refractivity contribution in [3.63, 3.8) is 0 Å². The van der Waals surface area contributed by atoms with E-state index in [1.54, 1.807) is 30.3 Å². The van der Waals surface area contributed by atoms with Gasteiger partial charge in [-0.25, -0.2) is 0 Å². The molecule has 0 fully saturated rings. The lowest BCUT2D eigenvalue weighted by atomic mass is 10.1. The van der Waals surface area contributed by atoms with E-state index in [2.05, 4.69) is 6.07 Å². The van der Waals surface area contributed by atoms with Crippen LogP contribution < -0.4 is 0 Å². The van der Waals surface area contributed by atoms with Gasteiger partial charge in [0.25, 0.3) is 0 Å². The fourth-order valence-corrected chi connectivity index (χ4v) is 2.12. The predicted molar refractivity (Wildman–Crippen MR) is 70.8 cm³/mol. The summed E-state index contributed by atoms with van der Waals surface area (Å²) in [5.74, 6) is 0. The van der Waals surface area contributed by atoms with Gasteiger partial charge in [0.2, 0.25) is 0 Å². The summed E-state index contributed by atoms with van der Waals surface area (Å²) in [4.78, 5) is 0. The van der Waals surface area contributed by atoms with E-state index in [0.29, 0.717) is 20.1 Å². The van der Waals surface area contributed by atoms with Crippen LogP contribution >= 0.6 is 46.4 Å². The fourth-order valence-electron chi connectivity index (χ4n) is 1.35. The van der Waals surface area contributed by atoms with E-state index in [9.17, 15) is 0 Å². The number of hydrogen-bond donors (Lipinski definition) is 0. The first-order valence-corrected chi connectivity index (χ1v) is 5.91. The van der Waals surface area contributed by atoms with E-state index < -0.39 is 0 Å². The summed E-state index contributed by atoms with van der Waals surface area (Å²) in [5, 5.41) is 2.18. The van der Waals surface area contributed by atoms with Gasteiger partial charge < -0.3 is 0 Å². The molecule has 2 rings (SSSR count). The van der Waals surface area contributed by atoms with Gasteiger partial charge >= 0.3 is 0 Å². The summed E-state index contributed by atoms with van der Waals surface area (Å²) in [5.41, 5.74) is 1.47. The smallest absolute Gasteiger partial charge is 0.0564 e. The molecular formula is C12H5Cl4. The van der Waals surface area contributed by atoms with Crippen molar-refractivity contribution in [2.24, 2.45) is 0 Å². The van der Waals surface area contributed by atoms with Crippen molar-refractivity contribution in [2.75, 3.05) is 0 Å². The van der Waals surface area contributed by atoms with Crippen molar-refractivity contribution in [1.82, 2.24) is 0 Å². The van der Waals surface area contributed by atoms with Crippen LogP contribution in [0.2, 0.25) is 20.1 Å². The molecular weight excluding hydrogens is 286 g/mol. The second kappa shape index (κ2) is 4.85. The van der Waals surface area contributed by atoms with E-state index in [1.807, 2.05) is 0 Å². The van der Waals surface area contributed by atoms with E-state index in [-0.39, 0.29) is 0 Å². The van der Waals surface area contributed by atoms with Crippen molar-refractivity contribution in [3.05, 3.63) is 56.5 Å². The lowest BCUT2D eigenvalue weighted by Gasteiger charge is -2.07. The molecule has 0 atom stereocenters. The normalized spacial score (nSPS) is 10.5. The molecule has 2 aromatic carbocycles. The van der Waals surface area contributed by atoms with E-state index >= 15 is 0 Å². The molecule has 0 heterocycles. The molecule has 4 heteroatoms. The van der Waals surface area contributed by atoms with Crippen LogP contribution in [-0.2, 0) is 0 Å². The van der Waals surface area contributed by atoms with Crippen molar-refractivity contribution in [3.8, 4) is 11.1 Å². The molecule has 0 bridgehead atoms. The zero-order valence-corrected chi connectivity index (χ0v) is 10.9. The van der Waals surface area contributed by atoms with Gasteiger partial charge in [-0.05, 0) is 30.3 Å². The number of benzene rings is 2. The van der Waals surface area contributed by atoms with E-state index in [0.717, 1.165) is 11.1 Å². The molecule has 0 spiro atoms.